The summed E-state index contributed by atoms with van der Waals surface area (Å²) in [5.41, 5.74) is -0.247. The molecule has 2 rings (SSSR count). The summed E-state index contributed by atoms with van der Waals surface area (Å²) in [6.45, 7) is -0.685. The fraction of sp³-hybridized carbons (Fsp3) is 0.0625. The molecule has 0 saturated heterocycles. The smallest absolute Gasteiger partial charge is 0.340 e. The summed E-state index contributed by atoms with van der Waals surface area (Å²) in [6.07, 6.45) is 0. The number of nitro groups is 1. The van der Waals surface area contributed by atoms with Crippen LogP contribution in [-0.2, 0) is 9.53 Å². The van der Waals surface area contributed by atoms with Crippen LogP contribution >= 0.6 is 23.2 Å². The molecule has 2 aromatic carbocycles. The predicted octanol–water partition coefficient (Wildman–Crippen LogP) is 3.57. The lowest BCUT2D eigenvalue weighted by molar-refractivity contribution is -0.384. The second-order valence-electron chi connectivity index (χ2n) is 4.85. The Labute approximate surface area is 157 Å². The normalized spacial score (nSPS) is 9.88. The molecule has 8 nitrogen and oxygen atoms in total. The molecule has 0 aliphatic carbocycles. The first-order valence-corrected chi connectivity index (χ1v) is 7.68. The number of carbonyl (C=O) groups excluding carboxylic acids is 2. The number of ether oxygens (including phenoxy) is 1. The third-order valence-electron chi connectivity index (χ3n) is 3.09. The first-order valence-electron chi connectivity index (χ1n) is 6.92. The fourth-order valence-corrected chi connectivity index (χ4v) is 2.26. The Balaban J connectivity index is 2.05. The number of nitrogens with one attached hydrogen (secondary N) is 1. The van der Waals surface area contributed by atoms with Gasteiger partial charge in [0.2, 0.25) is 0 Å². The van der Waals surface area contributed by atoms with Gasteiger partial charge in [-0.3, -0.25) is 14.9 Å². The lowest BCUT2D eigenvalue weighted by atomic mass is 10.2. The lowest BCUT2D eigenvalue weighted by Gasteiger charge is -2.09. The number of carbonyl (C=O) groups is 2. The molecule has 0 saturated carbocycles. The van der Waals surface area contributed by atoms with E-state index in [1.54, 1.807) is 0 Å². The number of amides is 1. The van der Waals surface area contributed by atoms with Gasteiger partial charge in [0, 0.05) is 17.2 Å². The number of halogens is 2. The number of rotatable bonds is 5. The second kappa shape index (κ2) is 8.29. The minimum absolute atomic E-state index is 0.0531. The van der Waals surface area contributed by atoms with Crippen molar-refractivity contribution in [2.45, 2.75) is 0 Å². The van der Waals surface area contributed by atoms with Crippen molar-refractivity contribution in [1.82, 2.24) is 0 Å². The van der Waals surface area contributed by atoms with Crippen LogP contribution < -0.4 is 5.32 Å². The Kier molecular flexibility index (Phi) is 6.11. The zero-order valence-corrected chi connectivity index (χ0v) is 14.4. The van der Waals surface area contributed by atoms with Crippen molar-refractivity contribution < 1.29 is 19.2 Å². The number of nitrogens with zero attached hydrogens (tertiary/aromatic N) is 2. The Bertz CT molecular complexity index is 940. The molecule has 0 bridgehead atoms. The molecule has 0 atom stereocenters. The summed E-state index contributed by atoms with van der Waals surface area (Å²) in [6, 6.07) is 9.43. The minimum atomic E-state index is -1.000. The number of esters is 1. The van der Waals surface area contributed by atoms with Gasteiger partial charge < -0.3 is 10.1 Å². The molecule has 0 radical (unpaired) electrons. The summed E-state index contributed by atoms with van der Waals surface area (Å²) in [5, 5.41) is 22.4. The number of nitro benzene ring substituents is 1. The molecule has 0 fully saturated rings. The second-order valence-corrected chi connectivity index (χ2v) is 5.69. The van der Waals surface area contributed by atoms with E-state index in [-0.39, 0.29) is 27.5 Å². The Morgan fingerprint density at radius 2 is 1.96 bits per heavy atom. The summed E-state index contributed by atoms with van der Waals surface area (Å²) in [5.74, 6) is -1.72. The molecule has 0 aromatic heterocycles. The van der Waals surface area contributed by atoms with E-state index in [0.29, 0.717) is 5.02 Å². The van der Waals surface area contributed by atoms with Gasteiger partial charge in [-0.15, -0.1) is 0 Å². The van der Waals surface area contributed by atoms with Crippen LogP contribution in [-0.4, -0.2) is 23.4 Å². The molecule has 1 amide bonds. The maximum atomic E-state index is 12.0. The molecule has 0 heterocycles. The van der Waals surface area contributed by atoms with Crippen molar-refractivity contribution >= 4 is 46.5 Å². The summed E-state index contributed by atoms with van der Waals surface area (Å²) in [7, 11) is 0. The van der Waals surface area contributed by atoms with E-state index in [2.05, 4.69) is 5.32 Å². The van der Waals surface area contributed by atoms with E-state index in [9.17, 15) is 19.7 Å². The molecule has 1 N–H and O–H groups in total. The molecule has 2 aromatic rings. The number of nitriles is 1. The third-order valence-corrected chi connectivity index (χ3v) is 3.66. The lowest BCUT2D eigenvalue weighted by Crippen LogP contribution is -2.21. The molecule has 10 heteroatoms. The maximum Gasteiger partial charge on any atom is 0.340 e. The zero-order chi connectivity index (χ0) is 19.3. The van der Waals surface area contributed by atoms with Gasteiger partial charge in [-0.1, -0.05) is 23.2 Å². The Hall–Kier alpha value is -3.15. The topological polar surface area (TPSA) is 122 Å². The molecule has 26 heavy (non-hydrogen) atoms. The maximum absolute atomic E-state index is 12.0. The van der Waals surface area contributed by atoms with Crippen LogP contribution in [0.25, 0.3) is 0 Å². The van der Waals surface area contributed by atoms with Crippen molar-refractivity contribution in [3.8, 4) is 6.07 Å². The monoisotopic (exact) mass is 393 g/mol. The average molecular weight is 394 g/mol. The molecule has 0 unspecified atom stereocenters. The predicted molar refractivity (Wildman–Crippen MR) is 93.2 cm³/mol. The van der Waals surface area contributed by atoms with Crippen molar-refractivity contribution in [2.75, 3.05) is 11.9 Å². The highest BCUT2D eigenvalue weighted by molar-refractivity contribution is 6.33. The van der Waals surface area contributed by atoms with Crippen molar-refractivity contribution in [3.05, 3.63) is 67.7 Å². The standard InChI is InChI=1S/C16H9Cl2N3O5/c17-10-2-1-9(7-19)14(5-10)20-15(22)8-26-16(23)12-6-11(21(24)25)3-4-13(12)18/h1-6H,8H2,(H,20,22). The average Bonchev–Trinajstić information content (AvgIpc) is 2.60. The summed E-state index contributed by atoms with van der Waals surface area (Å²) < 4.78 is 4.81. The van der Waals surface area contributed by atoms with Crippen LogP contribution in [0.3, 0.4) is 0 Å². The number of hydrogen-bond acceptors (Lipinski definition) is 6. The van der Waals surface area contributed by atoms with Gasteiger partial charge in [-0.2, -0.15) is 5.26 Å². The van der Waals surface area contributed by atoms with E-state index in [4.69, 9.17) is 33.2 Å². The van der Waals surface area contributed by atoms with Crippen LogP contribution in [0, 0.1) is 21.4 Å². The van der Waals surface area contributed by atoms with Gasteiger partial charge >= 0.3 is 5.97 Å². The van der Waals surface area contributed by atoms with Crippen molar-refractivity contribution in [2.24, 2.45) is 0 Å². The number of anilines is 1. The first kappa shape index (κ1) is 19.2. The zero-order valence-electron chi connectivity index (χ0n) is 12.9. The fourth-order valence-electron chi connectivity index (χ4n) is 1.90. The third kappa shape index (κ3) is 4.69. The first-order chi connectivity index (χ1) is 12.3. The molecular weight excluding hydrogens is 385 g/mol. The van der Waals surface area contributed by atoms with Crippen LogP contribution in [0.4, 0.5) is 11.4 Å². The Morgan fingerprint density at radius 3 is 2.62 bits per heavy atom. The van der Waals surface area contributed by atoms with Crippen LogP contribution in [0.15, 0.2) is 36.4 Å². The van der Waals surface area contributed by atoms with Crippen molar-refractivity contribution in [3.63, 3.8) is 0 Å². The largest absolute Gasteiger partial charge is 0.452 e. The van der Waals surface area contributed by atoms with Gasteiger partial charge in [0.25, 0.3) is 11.6 Å². The van der Waals surface area contributed by atoms with Crippen LogP contribution in [0.5, 0.6) is 0 Å². The number of non-ortho nitro benzene ring substituents is 1. The molecule has 0 aliphatic heterocycles. The van der Waals surface area contributed by atoms with Gasteiger partial charge in [0.05, 0.1) is 26.8 Å². The molecule has 0 spiro atoms. The van der Waals surface area contributed by atoms with Crippen LogP contribution in [0.2, 0.25) is 10.0 Å². The minimum Gasteiger partial charge on any atom is -0.452 e. The van der Waals surface area contributed by atoms with Crippen LogP contribution in [0.1, 0.15) is 15.9 Å². The quantitative estimate of drug-likeness (QED) is 0.470. The number of hydrogen-bond donors (Lipinski definition) is 1. The van der Waals surface area contributed by atoms with E-state index < -0.39 is 23.4 Å². The molecule has 132 valence electrons. The summed E-state index contributed by atoms with van der Waals surface area (Å²) in [4.78, 5) is 34.0. The van der Waals surface area contributed by atoms with E-state index in [1.807, 2.05) is 6.07 Å². The van der Waals surface area contributed by atoms with Crippen molar-refractivity contribution in [1.29, 1.82) is 5.26 Å². The Morgan fingerprint density at radius 1 is 1.23 bits per heavy atom. The van der Waals surface area contributed by atoms with Gasteiger partial charge in [0.15, 0.2) is 6.61 Å². The molecular formula is C16H9Cl2N3O5. The van der Waals surface area contributed by atoms with E-state index in [0.717, 1.165) is 12.1 Å². The molecule has 0 aliphatic rings. The van der Waals surface area contributed by atoms with E-state index in [1.165, 1.54) is 24.3 Å². The van der Waals surface area contributed by atoms with Gasteiger partial charge in [0.1, 0.15) is 6.07 Å². The highest BCUT2D eigenvalue weighted by atomic mass is 35.5. The number of benzene rings is 2. The highest BCUT2D eigenvalue weighted by Gasteiger charge is 2.18. The summed E-state index contributed by atoms with van der Waals surface area (Å²) >= 11 is 11.6. The van der Waals surface area contributed by atoms with Gasteiger partial charge in [-0.25, -0.2) is 4.79 Å². The SMILES string of the molecule is N#Cc1ccc(Cl)cc1NC(=O)COC(=O)c1cc([N+](=O)[O-])ccc1Cl. The van der Waals surface area contributed by atoms with E-state index >= 15 is 0 Å². The van der Waals surface area contributed by atoms with Gasteiger partial charge in [-0.05, 0) is 24.3 Å². The highest BCUT2D eigenvalue weighted by Crippen LogP contribution is 2.23.